The highest BCUT2D eigenvalue weighted by molar-refractivity contribution is 7.98. The van der Waals surface area contributed by atoms with Crippen molar-refractivity contribution in [3.63, 3.8) is 0 Å². The number of thioether (sulfide) groups is 1. The minimum absolute atomic E-state index is 0.146. The highest BCUT2D eigenvalue weighted by Gasteiger charge is 2.13. The fraction of sp³-hybridized carbons (Fsp3) is 0.0556. The van der Waals surface area contributed by atoms with Gasteiger partial charge in [0.25, 0.3) is 5.91 Å². The number of thiophene rings is 1. The molecule has 5 heteroatoms. The van der Waals surface area contributed by atoms with Crippen molar-refractivity contribution >= 4 is 46.3 Å². The number of nitrogens with one attached hydrogen (secondary N) is 1. The van der Waals surface area contributed by atoms with Crippen LogP contribution in [-0.4, -0.2) is 5.91 Å². The first-order valence-corrected chi connectivity index (χ1v) is 9.28. The molecule has 116 valence electrons. The summed E-state index contributed by atoms with van der Waals surface area (Å²) >= 11 is 9.49. The normalized spacial score (nSPS) is 10.5. The lowest BCUT2D eigenvalue weighted by Crippen LogP contribution is -2.13. The maximum atomic E-state index is 12.6. The van der Waals surface area contributed by atoms with Crippen LogP contribution in [0.15, 0.2) is 70.9 Å². The third-order valence-electron chi connectivity index (χ3n) is 3.20. The van der Waals surface area contributed by atoms with Crippen LogP contribution in [0, 0.1) is 0 Å². The van der Waals surface area contributed by atoms with Gasteiger partial charge in [-0.15, -0.1) is 23.1 Å². The van der Waals surface area contributed by atoms with Crippen molar-refractivity contribution in [1.29, 1.82) is 0 Å². The SMILES string of the molecule is O=C(Nc1ccccc1Cl)c1ccccc1SCc1cccs1. The van der Waals surface area contributed by atoms with E-state index in [2.05, 4.69) is 16.8 Å². The van der Waals surface area contributed by atoms with Gasteiger partial charge in [0.05, 0.1) is 16.3 Å². The molecule has 0 aliphatic carbocycles. The van der Waals surface area contributed by atoms with Crippen LogP contribution < -0.4 is 5.32 Å². The number of amides is 1. The maximum absolute atomic E-state index is 12.6. The van der Waals surface area contributed by atoms with Crippen LogP contribution in [0.3, 0.4) is 0 Å². The second kappa shape index (κ2) is 7.68. The first-order chi connectivity index (χ1) is 11.2. The zero-order chi connectivity index (χ0) is 16.1. The smallest absolute Gasteiger partial charge is 0.256 e. The van der Waals surface area contributed by atoms with E-state index < -0.39 is 0 Å². The Morgan fingerprint density at radius 1 is 1.04 bits per heavy atom. The number of hydrogen-bond acceptors (Lipinski definition) is 3. The number of anilines is 1. The molecule has 0 bridgehead atoms. The third kappa shape index (κ3) is 4.16. The monoisotopic (exact) mass is 359 g/mol. The Morgan fingerprint density at radius 2 is 1.83 bits per heavy atom. The Balaban J connectivity index is 1.76. The van der Waals surface area contributed by atoms with Gasteiger partial charge in [0.2, 0.25) is 0 Å². The molecular formula is C18H14ClNOS2. The van der Waals surface area contributed by atoms with Crippen LogP contribution in [0.25, 0.3) is 0 Å². The molecule has 0 saturated carbocycles. The molecule has 0 unspecified atom stereocenters. The molecular weight excluding hydrogens is 346 g/mol. The van der Waals surface area contributed by atoms with Crippen molar-refractivity contribution in [3.8, 4) is 0 Å². The van der Waals surface area contributed by atoms with Gasteiger partial charge in [0.15, 0.2) is 0 Å². The summed E-state index contributed by atoms with van der Waals surface area (Å²) in [5, 5.41) is 5.47. The maximum Gasteiger partial charge on any atom is 0.256 e. The molecule has 0 aliphatic heterocycles. The van der Waals surface area contributed by atoms with Crippen LogP contribution in [0.1, 0.15) is 15.2 Å². The van der Waals surface area contributed by atoms with E-state index in [1.807, 2.05) is 42.5 Å². The van der Waals surface area contributed by atoms with Crippen LogP contribution in [0.4, 0.5) is 5.69 Å². The molecule has 0 fully saturated rings. The summed E-state index contributed by atoms with van der Waals surface area (Å²) in [6.07, 6.45) is 0. The minimum Gasteiger partial charge on any atom is -0.321 e. The highest BCUT2D eigenvalue weighted by atomic mass is 35.5. The molecule has 0 spiro atoms. The predicted molar refractivity (Wildman–Crippen MR) is 99.7 cm³/mol. The molecule has 3 aromatic rings. The number of para-hydroxylation sites is 1. The average Bonchev–Trinajstić information content (AvgIpc) is 3.09. The van der Waals surface area contributed by atoms with Crippen molar-refractivity contribution in [2.75, 3.05) is 5.32 Å². The molecule has 23 heavy (non-hydrogen) atoms. The molecule has 1 aromatic heterocycles. The number of hydrogen-bond donors (Lipinski definition) is 1. The Kier molecular flexibility index (Phi) is 5.39. The van der Waals surface area contributed by atoms with E-state index >= 15 is 0 Å². The molecule has 0 aliphatic rings. The van der Waals surface area contributed by atoms with Crippen molar-refractivity contribution in [2.45, 2.75) is 10.6 Å². The number of halogens is 1. The van der Waals surface area contributed by atoms with E-state index in [1.54, 1.807) is 35.2 Å². The van der Waals surface area contributed by atoms with E-state index in [0.29, 0.717) is 16.3 Å². The van der Waals surface area contributed by atoms with Crippen LogP contribution in [0.2, 0.25) is 5.02 Å². The van der Waals surface area contributed by atoms with E-state index in [4.69, 9.17) is 11.6 Å². The number of carbonyl (C=O) groups excluding carboxylic acids is 1. The van der Waals surface area contributed by atoms with Gasteiger partial charge in [-0.05, 0) is 35.7 Å². The second-order valence-electron chi connectivity index (χ2n) is 4.80. The van der Waals surface area contributed by atoms with Crippen molar-refractivity contribution in [1.82, 2.24) is 0 Å². The third-order valence-corrected chi connectivity index (χ3v) is 5.71. The molecule has 0 saturated heterocycles. The summed E-state index contributed by atoms with van der Waals surface area (Å²) < 4.78 is 0. The fourth-order valence-corrected chi connectivity index (χ4v) is 4.08. The van der Waals surface area contributed by atoms with Crippen molar-refractivity contribution in [3.05, 3.63) is 81.5 Å². The predicted octanol–water partition coefficient (Wildman–Crippen LogP) is 5.95. The molecule has 2 nitrogen and oxygen atoms in total. The van der Waals surface area contributed by atoms with Gasteiger partial charge in [-0.1, -0.05) is 41.9 Å². The lowest BCUT2D eigenvalue weighted by atomic mass is 10.2. The zero-order valence-electron chi connectivity index (χ0n) is 12.2. The van der Waals surface area contributed by atoms with Crippen LogP contribution >= 0.6 is 34.7 Å². The topological polar surface area (TPSA) is 29.1 Å². The van der Waals surface area contributed by atoms with Gasteiger partial charge in [0, 0.05) is 15.5 Å². The summed E-state index contributed by atoms with van der Waals surface area (Å²) in [5.74, 6) is 0.709. The number of benzene rings is 2. The van der Waals surface area contributed by atoms with Crippen LogP contribution in [0.5, 0.6) is 0 Å². The Morgan fingerprint density at radius 3 is 2.61 bits per heavy atom. The molecule has 3 rings (SSSR count). The fourth-order valence-electron chi connectivity index (χ4n) is 2.08. The summed E-state index contributed by atoms with van der Waals surface area (Å²) in [5.41, 5.74) is 1.28. The Labute approximate surface area is 148 Å². The van der Waals surface area contributed by atoms with Crippen molar-refractivity contribution < 1.29 is 4.79 Å². The first kappa shape index (κ1) is 16.1. The molecule has 0 atom stereocenters. The number of carbonyl (C=O) groups is 1. The zero-order valence-corrected chi connectivity index (χ0v) is 14.5. The largest absolute Gasteiger partial charge is 0.321 e. The Hall–Kier alpha value is -1.75. The van der Waals surface area contributed by atoms with Gasteiger partial charge >= 0.3 is 0 Å². The van der Waals surface area contributed by atoms with Crippen LogP contribution in [-0.2, 0) is 5.75 Å². The molecule has 1 amide bonds. The standard InChI is InChI=1S/C18H14ClNOS2/c19-15-8-2-3-9-16(15)20-18(21)14-7-1-4-10-17(14)23-12-13-6-5-11-22-13/h1-11H,12H2,(H,20,21). The van der Waals surface area contributed by atoms with E-state index in [9.17, 15) is 4.79 Å². The minimum atomic E-state index is -0.146. The van der Waals surface area contributed by atoms with Gasteiger partial charge in [0.1, 0.15) is 0 Å². The summed E-state index contributed by atoms with van der Waals surface area (Å²) in [6.45, 7) is 0. The van der Waals surface area contributed by atoms with Gasteiger partial charge < -0.3 is 5.32 Å². The summed E-state index contributed by atoms with van der Waals surface area (Å²) in [7, 11) is 0. The Bertz CT molecular complexity index is 802. The molecule has 0 radical (unpaired) electrons. The quantitative estimate of drug-likeness (QED) is 0.570. The van der Waals surface area contributed by atoms with E-state index in [1.165, 1.54) is 4.88 Å². The average molecular weight is 360 g/mol. The van der Waals surface area contributed by atoms with E-state index in [-0.39, 0.29) is 5.91 Å². The molecule has 1 heterocycles. The summed E-state index contributed by atoms with van der Waals surface area (Å²) in [4.78, 5) is 14.8. The second-order valence-corrected chi connectivity index (χ2v) is 7.25. The van der Waals surface area contributed by atoms with Crippen molar-refractivity contribution in [2.24, 2.45) is 0 Å². The van der Waals surface area contributed by atoms with E-state index in [0.717, 1.165) is 10.6 Å². The summed E-state index contributed by atoms with van der Waals surface area (Å²) in [6, 6.07) is 19.0. The lowest BCUT2D eigenvalue weighted by molar-refractivity contribution is 0.102. The van der Waals surface area contributed by atoms with Gasteiger partial charge in [-0.3, -0.25) is 4.79 Å². The number of rotatable bonds is 5. The molecule has 2 aromatic carbocycles. The van der Waals surface area contributed by atoms with Gasteiger partial charge in [-0.25, -0.2) is 0 Å². The molecule has 1 N–H and O–H groups in total. The highest BCUT2D eigenvalue weighted by Crippen LogP contribution is 2.29. The lowest BCUT2D eigenvalue weighted by Gasteiger charge is -2.10. The van der Waals surface area contributed by atoms with Gasteiger partial charge in [-0.2, -0.15) is 0 Å². The first-order valence-electron chi connectivity index (χ1n) is 7.04.